The maximum atomic E-state index is 13.7. The first-order chi connectivity index (χ1) is 15.4. The first-order valence-corrected chi connectivity index (χ1v) is 13.3. The molecule has 5 nitrogen and oxygen atoms in total. The molecule has 1 aliphatic rings. The van der Waals surface area contributed by atoms with Crippen LogP contribution in [0.2, 0.25) is 0 Å². The summed E-state index contributed by atoms with van der Waals surface area (Å²) in [5.74, 6) is 0.0276. The molecule has 2 aromatic rings. The second-order valence-corrected chi connectivity index (χ2v) is 10.6. The average Bonchev–Trinajstić information content (AvgIpc) is 2.87. The molecule has 3 rings (SSSR count). The van der Waals surface area contributed by atoms with Crippen molar-refractivity contribution in [2.75, 3.05) is 25.6 Å². The molecule has 6 heteroatoms. The third-order valence-corrected chi connectivity index (χ3v) is 8.65. The minimum Gasteiger partial charge on any atom is -0.491 e. The number of unbranched alkanes of at least 4 members (excludes halogenated alkanes) is 1. The second kappa shape index (κ2) is 10.8. The summed E-state index contributed by atoms with van der Waals surface area (Å²) < 4.78 is 38.5. The Hall–Kier alpha value is -1.89. The summed E-state index contributed by atoms with van der Waals surface area (Å²) in [4.78, 5) is 0.270. The standard InChI is InChI=1S/C26H36O5S/c1-4-7-15-26(5-2)19-32(28,29)23-18-21(31-17-16-30-6-3)13-14-22(23)24(25(26)27)20-11-9-8-10-12-20/h8-14,18,24-25,27H,4-7,15-17,19H2,1-3H3/t24-,25-,26-/m1/s1. The highest BCUT2D eigenvalue weighted by atomic mass is 32.2. The molecule has 32 heavy (non-hydrogen) atoms. The van der Waals surface area contributed by atoms with Crippen molar-refractivity contribution in [2.45, 2.75) is 63.4 Å². The highest BCUT2D eigenvalue weighted by Gasteiger charge is 2.48. The summed E-state index contributed by atoms with van der Waals surface area (Å²) in [6.07, 6.45) is 2.30. The van der Waals surface area contributed by atoms with Gasteiger partial charge in [0, 0.05) is 17.9 Å². The molecule has 0 fully saturated rings. The number of fused-ring (bicyclic) bond motifs is 1. The van der Waals surface area contributed by atoms with Crippen LogP contribution in [0.15, 0.2) is 53.4 Å². The number of ether oxygens (including phenoxy) is 2. The van der Waals surface area contributed by atoms with E-state index in [-0.39, 0.29) is 10.6 Å². The molecule has 1 aliphatic heterocycles. The van der Waals surface area contributed by atoms with Crippen molar-refractivity contribution in [2.24, 2.45) is 5.41 Å². The highest BCUT2D eigenvalue weighted by Crippen LogP contribution is 2.49. The van der Waals surface area contributed by atoms with Crippen LogP contribution in [-0.2, 0) is 14.6 Å². The van der Waals surface area contributed by atoms with Gasteiger partial charge in [-0.2, -0.15) is 0 Å². The van der Waals surface area contributed by atoms with E-state index >= 15 is 0 Å². The zero-order valence-electron chi connectivity index (χ0n) is 19.4. The van der Waals surface area contributed by atoms with Gasteiger partial charge < -0.3 is 14.6 Å². The van der Waals surface area contributed by atoms with Gasteiger partial charge in [-0.3, -0.25) is 0 Å². The Bertz CT molecular complexity index is 973. The van der Waals surface area contributed by atoms with Crippen molar-refractivity contribution in [1.82, 2.24) is 0 Å². The summed E-state index contributed by atoms with van der Waals surface area (Å²) >= 11 is 0. The molecule has 2 aromatic carbocycles. The van der Waals surface area contributed by atoms with Gasteiger partial charge in [0.15, 0.2) is 9.84 Å². The minimum absolute atomic E-state index is 0.0591. The normalized spacial score (nSPS) is 24.5. The Balaban J connectivity index is 2.12. The number of sulfone groups is 1. The fraction of sp³-hybridized carbons (Fsp3) is 0.538. The van der Waals surface area contributed by atoms with E-state index in [2.05, 4.69) is 6.92 Å². The molecule has 3 atom stereocenters. The van der Waals surface area contributed by atoms with E-state index in [1.165, 1.54) is 0 Å². The zero-order valence-corrected chi connectivity index (χ0v) is 20.2. The Morgan fingerprint density at radius 3 is 2.47 bits per heavy atom. The minimum atomic E-state index is -3.63. The lowest BCUT2D eigenvalue weighted by molar-refractivity contribution is 0.0174. The van der Waals surface area contributed by atoms with Gasteiger partial charge in [0.05, 0.1) is 23.4 Å². The monoisotopic (exact) mass is 460 g/mol. The van der Waals surface area contributed by atoms with E-state index in [1.807, 2.05) is 50.2 Å². The number of hydrogen-bond donors (Lipinski definition) is 1. The molecule has 0 amide bonds. The van der Waals surface area contributed by atoms with E-state index in [4.69, 9.17) is 9.47 Å². The number of aliphatic hydroxyl groups is 1. The Labute approximate surface area is 192 Å². The van der Waals surface area contributed by atoms with Crippen LogP contribution in [0.25, 0.3) is 0 Å². The van der Waals surface area contributed by atoms with Crippen LogP contribution < -0.4 is 4.74 Å². The number of benzene rings is 2. The SMILES string of the molecule is CCCC[C@]1(CC)CS(=O)(=O)c2cc(OCCOCC)ccc2[C@@H](c2ccccc2)[C@H]1O. The van der Waals surface area contributed by atoms with Crippen LogP contribution in [0.1, 0.15) is 63.5 Å². The average molecular weight is 461 g/mol. The maximum Gasteiger partial charge on any atom is 0.179 e. The molecular formula is C26H36O5S. The fourth-order valence-electron chi connectivity index (χ4n) is 4.82. The van der Waals surface area contributed by atoms with Crippen molar-refractivity contribution < 1.29 is 23.0 Å². The molecule has 176 valence electrons. The van der Waals surface area contributed by atoms with Gasteiger partial charge in [0.2, 0.25) is 0 Å². The van der Waals surface area contributed by atoms with E-state index in [0.29, 0.717) is 44.0 Å². The van der Waals surface area contributed by atoms with E-state index < -0.39 is 27.3 Å². The third-order valence-electron chi connectivity index (χ3n) is 6.67. The predicted octanol–water partition coefficient (Wildman–Crippen LogP) is 4.97. The molecule has 0 aliphatic carbocycles. The van der Waals surface area contributed by atoms with Crippen molar-refractivity contribution in [3.63, 3.8) is 0 Å². The van der Waals surface area contributed by atoms with Crippen LogP contribution in [0.4, 0.5) is 0 Å². The lowest BCUT2D eigenvalue weighted by Gasteiger charge is -2.39. The first-order valence-electron chi connectivity index (χ1n) is 11.7. The summed E-state index contributed by atoms with van der Waals surface area (Å²) in [7, 11) is -3.63. The Morgan fingerprint density at radius 2 is 1.81 bits per heavy atom. The molecule has 0 spiro atoms. The fourth-order valence-corrected chi connectivity index (χ4v) is 7.10. The molecule has 0 bridgehead atoms. The first kappa shape index (κ1) is 24.7. The smallest absolute Gasteiger partial charge is 0.179 e. The molecular weight excluding hydrogens is 424 g/mol. The van der Waals surface area contributed by atoms with Gasteiger partial charge in [0.1, 0.15) is 12.4 Å². The number of rotatable bonds is 10. The quantitative estimate of drug-likeness (QED) is 0.507. The number of hydrogen-bond acceptors (Lipinski definition) is 5. The van der Waals surface area contributed by atoms with Crippen LogP contribution in [0.5, 0.6) is 5.75 Å². The predicted molar refractivity (Wildman–Crippen MR) is 127 cm³/mol. The van der Waals surface area contributed by atoms with Gasteiger partial charge in [-0.05, 0) is 43.0 Å². The molecule has 0 radical (unpaired) electrons. The van der Waals surface area contributed by atoms with Gasteiger partial charge in [-0.25, -0.2) is 8.42 Å². The summed E-state index contributed by atoms with van der Waals surface area (Å²) in [5.41, 5.74) is 0.870. The van der Waals surface area contributed by atoms with E-state index in [0.717, 1.165) is 18.4 Å². The van der Waals surface area contributed by atoms with Crippen LogP contribution in [0.3, 0.4) is 0 Å². The van der Waals surface area contributed by atoms with Crippen molar-refractivity contribution in [3.8, 4) is 5.75 Å². The maximum absolute atomic E-state index is 13.7. The topological polar surface area (TPSA) is 72.8 Å². The lowest BCUT2D eigenvalue weighted by atomic mass is 9.69. The van der Waals surface area contributed by atoms with Crippen LogP contribution >= 0.6 is 0 Å². The van der Waals surface area contributed by atoms with E-state index in [1.54, 1.807) is 12.1 Å². The Kier molecular flexibility index (Phi) is 8.37. The lowest BCUT2D eigenvalue weighted by Crippen LogP contribution is -2.42. The molecule has 0 unspecified atom stereocenters. The Morgan fingerprint density at radius 1 is 1.06 bits per heavy atom. The van der Waals surface area contributed by atoms with Gasteiger partial charge in [-0.1, -0.05) is 63.1 Å². The summed E-state index contributed by atoms with van der Waals surface area (Å²) in [5, 5.41) is 11.8. The second-order valence-electron chi connectivity index (χ2n) is 8.66. The molecule has 0 saturated heterocycles. The van der Waals surface area contributed by atoms with Crippen molar-refractivity contribution in [1.29, 1.82) is 0 Å². The third kappa shape index (κ3) is 5.19. The molecule has 1 heterocycles. The van der Waals surface area contributed by atoms with Gasteiger partial charge in [0.25, 0.3) is 0 Å². The van der Waals surface area contributed by atoms with Crippen LogP contribution in [-0.4, -0.2) is 45.2 Å². The number of aliphatic hydroxyl groups excluding tert-OH is 1. The van der Waals surface area contributed by atoms with Crippen LogP contribution in [0, 0.1) is 5.41 Å². The molecule has 1 N–H and O–H groups in total. The highest BCUT2D eigenvalue weighted by molar-refractivity contribution is 7.91. The zero-order chi connectivity index (χ0) is 23.2. The van der Waals surface area contributed by atoms with E-state index in [9.17, 15) is 13.5 Å². The van der Waals surface area contributed by atoms with Gasteiger partial charge >= 0.3 is 0 Å². The molecule has 0 aromatic heterocycles. The summed E-state index contributed by atoms with van der Waals surface area (Å²) in [6.45, 7) is 7.41. The van der Waals surface area contributed by atoms with Gasteiger partial charge in [-0.15, -0.1) is 0 Å². The largest absolute Gasteiger partial charge is 0.491 e. The summed E-state index contributed by atoms with van der Waals surface area (Å²) in [6, 6.07) is 15.0. The van der Waals surface area contributed by atoms with Crippen molar-refractivity contribution in [3.05, 3.63) is 59.7 Å². The van der Waals surface area contributed by atoms with Crippen molar-refractivity contribution >= 4 is 9.84 Å². The molecule has 0 saturated carbocycles.